The molecule has 0 aromatic heterocycles. The van der Waals surface area contributed by atoms with Crippen LogP contribution < -0.4 is 4.74 Å². The molecular formula is C18H27NO3. The molecule has 4 rings (SSSR count). The summed E-state index contributed by atoms with van der Waals surface area (Å²) >= 11 is 0. The van der Waals surface area contributed by atoms with Gasteiger partial charge in [-0.2, -0.15) is 0 Å². The average Bonchev–Trinajstić information content (AvgIpc) is 2.55. The highest BCUT2D eigenvalue weighted by atomic mass is 16.5. The van der Waals surface area contributed by atoms with E-state index in [1.54, 1.807) is 7.11 Å². The number of piperidine rings is 3. The second-order valence-electron chi connectivity index (χ2n) is 6.64. The van der Waals surface area contributed by atoms with E-state index in [0.717, 1.165) is 38.0 Å². The molecule has 1 aromatic carbocycles. The van der Waals surface area contributed by atoms with E-state index in [1.165, 1.54) is 18.7 Å². The van der Waals surface area contributed by atoms with Crippen molar-refractivity contribution >= 4 is 0 Å². The Hall–Kier alpha value is -1.10. The summed E-state index contributed by atoms with van der Waals surface area (Å²) in [6.45, 7) is 4.37. The van der Waals surface area contributed by atoms with E-state index in [9.17, 15) is 5.11 Å². The number of hydrogen-bond donors (Lipinski definition) is 1. The van der Waals surface area contributed by atoms with Gasteiger partial charge in [-0.25, -0.2) is 0 Å². The van der Waals surface area contributed by atoms with Gasteiger partial charge in [-0.1, -0.05) is 12.1 Å². The number of nitrogens with zero attached hydrogens (tertiary/aromatic N) is 1. The van der Waals surface area contributed by atoms with Crippen LogP contribution in [-0.4, -0.2) is 55.6 Å². The summed E-state index contributed by atoms with van der Waals surface area (Å²) in [6.07, 6.45) is 4.10. The summed E-state index contributed by atoms with van der Waals surface area (Å²) in [4.78, 5) is 2.41. The molecule has 0 amide bonds. The first-order chi connectivity index (χ1) is 10.7. The fourth-order valence-electron chi connectivity index (χ4n) is 3.78. The SMILES string of the molecule is COCCOc1ccc(CCC2(O)CN3CCC2CC3)cc1. The molecule has 1 atom stereocenters. The largest absolute Gasteiger partial charge is 0.491 e. The number of methoxy groups -OCH3 is 1. The molecule has 0 saturated carbocycles. The third kappa shape index (κ3) is 3.62. The third-order valence-corrected chi connectivity index (χ3v) is 5.17. The molecule has 22 heavy (non-hydrogen) atoms. The first-order valence-electron chi connectivity index (χ1n) is 8.35. The van der Waals surface area contributed by atoms with Crippen molar-refractivity contribution < 1.29 is 14.6 Å². The summed E-state index contributed by atoms with van der Waals surface area (Å²) in [7, 11) is 1.67. The van der Waals surface area contributed by atoms with Gasteiger partial charge in [0.1, 0.15) is 12.4 Å². The standard InChI is InChI=1S/C18H27NO3/c1-21-12-13-22-17-4-2-15(3-5-17)6-9-18(20)14-19-10-7-16(18)8-11-19/h2-5,16,20H,6-14H2,1H3. The molecule has 4 nitrogen and oxygen atoms in total. The van der Waals surface area contributed by atoms with Crippen molar-refractivity contribution in [2.24, 2.45) is 5.92 Å². The number of aryl methyl sites for hydroxylation is 1. The van der Waals surface area contributed by atoms with Crippen LogP contribution in [0.4, 0.5) is 0 Å². The van der Waals surface area contributed by atoms with Gasteiger partial charge < -0.3 is 19.5 Å². The quantitative estimate of drug-likeness (QED) is 0.783. The summed E-state index contributed by atoms with van der Waals surface area (Å²) in [5, 5.41) is 10.9. The van der Waals surface area contributed by atoms with Crippen LogP contribution in [0.1, 0.15) is 24.8 Å². The molecule has 0 radical (unpaired) electrons. The maximum Gasteiger partial charge on any atom is 0.119 e. The lowest BCUT2D eigenvalue weighted by Gasteiger charge is -2.50. The van der Waals surface area contributed by atoms with Gasteiger partial charge in [-0.15, -0.1) is 0 Å². The van der Waals surface area contributed by atoms with Crippen LogP contribution in [0.2, 0.25) is 0 Å². The Morgan fingerprint density at radius 2 is 1.91 bits per heavy atom. The van der Waals surface area contributed by atoms with Crippen LogP contribution in [0.25, 0.3) is 0 Å². The number of rotatable bonds is 7. The predicted molar refractivity (Wildman–Crippen MR) is 86.2 cm³/mol. The molecule has 3 aliphatic heterocycles. The first kappa shape index (κ1) is 15.8. The van der Waals surface area contributed by atoms with Gasteiger partial charge >= 0.3 is 0 Å². The maximum absolute atomic E-state index is 10.9. The van der Waals surface area contributed by atoms with Gasteiger partial charge in [-0.05, 0) is 62.4 Å². The van der Waals surface area contributed by atoms with Crippen LogP contribution in [0.5, 0.6) is 5.75 Å². The molecule has 3 saturated heterocycles. The Balaban J connectivity index is 1.51. The highest BCUT2D eigenvalue weighted by molar-refractivity contribution is 5.27. The molecule has 3 fully saturated rings. The number of hydrogen-bond acceptors (Lipinski definition) is 4. The minimum Gasteiger partial charge on any atom is -0.491 e. The molecule has 4 heteroatoms. The van der Waals surface area contributed by atoms with Gasteiger partial charge in [0.25, 0.3) is 0 Å². The van der Waals surface area contributed by atoms with Crippen LogP contribution in [0, 0.1) is 5.92 Å². The fourth-order valence-corrected chi connectivity index (χ4v) is 3.78. The van der Waals surface area contributed by atoms with Crippen LogP contribution in [0.3, 0.4) is 0 Å². The molecule has 3 heterocycles. The molecule has 0 aliphatic carbocycles. The highest BCUT2D eigenvalue weighted by Crippen LogP contribution is 2.38. The highest BCUT2D eigenvalue weighted by Gasteiger charge is 2.44. The van der Waals surface area contributed by atoms with Crippen LogP contribution in [0.15, 0.2) is 24.3 Å². The van der Waals surface area contributed by atoms with Gasteiger partial charge in [0.15, 0.2) is 0 Å². The Labute approximate surface area is 133 Å². The molecule has 1 unspecified atom stereocenters. The zero-order chi connectivity index (χ0) is 15.4. The first-order valence-corrected chi connectivity index (χ1v) is 8.35. The van der Waals surface area contributed by atoms with Gasteiger partial charge in [0, 0.05) is 13.7 Å². The summed E-state index contributed by atoms with van der Waals surface area (Å²) < 4.78 is 10.5. The normalized spacial score (nSPS) is 30.5. The van der Waals surface area contributed by atoms with Crippen molar-refractivity contribution in [1.29, 1.82) is 0 Å². The Kier molecular flexibility index (Phi) is 5.01. The van der Waals surface area contributed by atoms with E-state index in [4.69, 9.17) is 9.47 Å². The molecule has 122 valence electrons. The Morgan fingerprint density at radius 1 is 1.18 bits per heavy atom. The summed E-state index contributed by atoms with van der Waals surface area (Å²) in [6, 6.07) is 8.22. The van der Waals surface area contributed by atoms with Crippen molar-refractivity contribution in [3.63, 3.8) is 0 Å². The lowest BCUT2D eigenvalue weighted by atomic mass is 9.73. The lowest BCUT2D eigenvalue weighted by molar-refractivity contribution is -0.115. The smallest absolute Gasteiger partial charge is 0.119 e. The topological polar surface area (TPSA) is 41.9 Å². The molecule has 3 aliphatic rings. The van der Waals surface area contributed by atoms with Crippen molar-refractivity contribution in [3.8, 4) is 5.75 Å². The van der Waals surface area contributed by atoms with E-state index in [2.05, 4.69) is 17.0 Å². The van der Waals surface area contributed by atoms with E-state index in [1.807, 2.05) is 12.1 Å². The average molecular weight is 305 g/mol. The molecule has 1 N–H and O–H groups in total. The van der Waals surface area contributed by atoms with Gasteiger partial charge in [0.2, 0.25) is 0 Å². The minimum absolute atomic E-state index is 0.482. The van der Waals surface area contributed by atoms with Crippen LogP contribution in [-0.2, 0) is 11.2 Å². The second-order valence-corrected chi connectivity index (χ2v) is 6.64. The zero-order valence-corrected chi connectivity index (χ0v) is 13.5. The lowest BCUT2D eigenvalue weighted by Crippen LogP contribution is -2.59. The van der Waals surface area contributed by atoms with E-state index in [-0.39, 0.29) is 0 Å². The third-order valence-electron chi connectivity index (χ3n) is 5.17. The number of aliphatic hydroxyl groups is 1. The van der Waals surface area contributed by atoms with Gasteiger partial charge in [0.05, 0.1) is 12.2 Å². The van der Waals surface area contributed by atoms with Crippen molar-refractivity contribution in [2.75, 3.05) is 40.0 Å². The molecule has 2 bridgehead atoms. The maximum atomic E-state index is 10.9. The Morgan fingerprint density at radius 3 is 2.50 bits per heavy atom. The van der Waals surface area contributed by atoms with Crippen molar-refractivity contribution in [2.45, 2.75) is 31.3 Å². The minimum atomic E-state index is -0.482. The van der Waals surface area contributed by atoms with Gasteiger partial charge in [-0.3, -0.25) is 0 Å². The molecule has 0 spiro atoms. The summed E-state index contributed by atoms with van der Waals surface area (Å²) in [5.74, 6) is 1.37. The number of benzene rings is 1. The predicted octanol–water partition coefficient (Wildman–Crippen LogP) is 2.10. The van der Waals surface area contributed by atoms with Crippen molar-refractivity contribution in [1.82, 2.24) is 4.90 Å². The summed E-state index contributed by atoms with van der Waals surface area (Å²) in [5.41, 5.74) is 0.786. The number of ether oxygens (including phenoxy) is 2. The second kappa shape index (κ2) is 6.99. The zero-order valence-electron chi connectivity index (χ0n) is 13.5. The fraction of sp³-hybridized carbons (Fsp3) is 0.667. The molecular weight excluding hydrogens is 278 g/mol. The molecule has 1 aromatic rings. The van der Waals surface area contributed by atoms with Crippen LogP contribution >= 0.6 is 0 Å². The van der Waals surface area contributed by atoms with E-state index < -0.39 is 5.60 Å². The van der Waals surface area contributed by atoms with E-state index in [0.29, 0.717) is 19.1 Å². The monoisotopic (exact) mass is 305 g/mol. The van der Waals surface area contributed by atoms with Crippen molar-refractivity contribution in [3.05, 3.63) is 29.8 Å². The van der Waals surface area contributed by atoms with E-state index >= 15 is 0 Å². The Bertz CT molecular complexity index is 468. The number of fused-ring (bicyclic) bond motifs is 3.